The predicted octanol–water partition coefficient (Wildman–Crippen LogP) is 2.58. The van der Waals surface area contributed by atoms with E-state index >= 15 is 0 Å². The zero-order chi connectivity index (χ0) is 26.0. The van der Waals surface area contributed by atoms with Gasteiger partial charge in [-0.05, 0) is 42.7 Å². The summed E-state index contributed by atoms with van der Waals surface area (Å²) >= 11 is -1.38. The lowest BCUT2D eigenvalue weighted by molar-refractivity contribution is 0.242. The van der Waals surface area contributed by atoms with E-state index in [0.717, 1.165) is 41.3 Å². The number of nitrogens with zero attached hydrogens (tertiary/aromatic N) is 5. The minimum Gasteiger partial charge on any atom is -0.579 e. The summed E-state index contributed by atoms with van der Waals surface area (Å²) in [5, 5.41) is 4.20. The maximum absolute atomic E-state index is 13.8. The molecule has 37 heavy (non-hydrogen) atoms. The lowest BCUT2D eigenvalue weighted by atomic mass is 10.2. The van der Waals surface area contributed by atoms with Gasteiger partial charge < -0.3 is 14.2 Å². The molecular formula is C25H28F2N6O3S. The minimum absolute atomic E-state index is 0.0128. The molecule has 9 nitrogen and oxygen atoms in total. The first-order valence-corrected chi connectivity index (χ1v) is 13.2. The second-order valence-electron chi connectivity index (χ2n) is 9.64. The van der Waals surface area contributed by atoms with Crippen molar-refractivity contribution in [1.29, 1.82) is 0 Å². The number of ether oxygens (including phenoxy) is 1. The Morgan fingerprint density at radius 3 is 2.43 bits per heavy atom. The van der Waals surface area contributed by atoms with Crippen LogP contribution >= 0.6 is 0 Å². The van der Waals surface area contributed by atoms with Crippen molar-refractivity contribution < 1.29 is 18.1 Å². The maximum Gasteiger partial charge on any atom is 0.316 e. The van der Waals surface area contributed by atoms with Gasteiger partial charge in [-0.2, -0.15) is 9.78 Å². The molecule has 1 saturated heterocycles. The fraction of sp³-hybridized carbons (Fsp3) is 0.400. The van der Waals surface area contributed by atoms with Crippen molar-refractivity contribution in [3.8, 4) is 11.4 Å². The number of hydrogen-bond donors (Lipinski definition) is 1. The highest BCUT2D eigenvalue weighted by Crippen LogP contribution is 2.45. The lowest BCUT2D eigenvalue weighted by Crippen LogP contribution is -2.52. The van der Waals surface area contributed by atoms with Gasteiger partial charge in [-0.15, -0.1) is 9.03 Å². The van der Waals surface area contributed by atoms with Crippen LogP contribution in [0.15, 0.2) is 53.7 Å². The molecule has 3 heterocycles. The molecule has 2 aliphatic rings. The maximum atomic E-state index is 13.8. The molecule has 1 atom stereocenters. The van der Waals surface area contributed by atoms with E-state index in [4.69, 9.17) is 4.74 Å². The zero-order valence-electron chi connectivity index (χ0n) is 20.4. The number of piperazine rings is 1. The van der Waals surface area contributed by atoms with Crippen molar-refractivity contribution in [3.63, 3.8) is 0 Å². The van der Waals surface area contributed by atoms with Crippen molar-refractivity contribution in [2.75, 3.05) is 37.7 Å². The third kappa shape index (κ3) is 6.09. The van der Waals surface area contributed by atoms with Crippen LogP contribution in [0.3, 0.4) is 0 Å². The molecule has 0 bridgehead atoms. The summed E-state index contributed by atoms with van der Waals surface area (Å²) in [6.07, 6.45) is 6.88. The first kappa shape index (κ1) is 25.6. The van der Waals surface area contributed by atoms with Crippen molar-refractivity contribution in [2.24, 2.45) is 5.41 Å². The summed E-state index contributed by atoms with van der Waals surface area (Å²) < 4.78 is 52.2. The molecule has 1 N–H and O–H groups in total. The number of benzene rings is 1. The minimum atomic E-state index is -1.38. The van der Waals surface area contributed by atoms with Crippen molar-refractivity contribution in [3.05, 3.63) is 76.5 Å². The summed E-state index contributed by atoms with van der Waals surface area (Å²) in [6.45, 7) is 4.87. The third-order valence-corrected chi connectivity index (χ3v) is 7.86. The van der Waals surface area contributed by atoms with E-state index < -0.39 is 28.7 Å². The van der Waals surface area contributed by atoms with Gasteiger partial charge in [0.25, 0.3) is 0 Å². The highest BCUT2D eigenvalue weighted by atomic mass is 32.2. The van der Waals surface area contributed by atoms with E-state index in [1.165, 1.54) is 6.20 Å². The highest BCUT2D eigenvalue weighted by molar-refractivity contribution is 7.87. The molecule has 1 aliphatic heterocycles. The number of aromatic nitrogens is 3. The Morgan fingerprint density at radius 1 is 1.11 bits per heavy atom. The molecule has 1 aliphatic carbocycles. The van der Waals surface area contributed by atoms with Gasteiger partial charge in [0.1, 0.15) is 28.9 Å². The Labute approximate surface area is 216 Å². The lowest BCUT2D eigenvalue weighted by Gasteiger charge is -2.35. The molecule has 1 unspecified atom stereocenters. The monoisotopic (exact) mass is 530 g/mol. The Bertz CT molecular complexity index is 1280. The molecule has 0 amide bonds. The molecule has 1 aromatic carbocycles. The Balaban J connectivity index is 1.32. The van der Waals surface area contributed by atoms with Gasteiger partial charge >= 0.3 is 5.56 Å². The van der Waals surface area contributed by atoms with E-state index in [0.29, 0.717) is 45.0 Å². The van der Waals surface area contributed by atoms with E-state index in [1.54, 1.807) is 12.4 Å². The summed E-state index contributed by atoms with van der Waals surface area (Å²) in [4.78, 5) is 19.4. The largest absolute Gasteiger partial charge is 0.579 e. The van der Waals surface area contributed by atoms with Crippen LogP contribution in [0.4, 0.5) is 14.5 Å². The van der Waals surface area contributed by atoms with Crippen LogP contribution in [0, 0.1) is 17.0 Å². The first-order chi connectivity index (χ1) is 17.8. The third-order valence-electron chi connectivity index (χ3n) is 6.64. The van der Waals surface area contributed by atoms with Crippen LogP contribution < -0.4 is 19.9 Å². The fourth-order valence-corrected chi connectivity index (χ4v) is 5.04. The van der Waals surface area contributed by atoms with Crippen LogP contribution in [-0.2, 0) is 18.1 Å². The van der Waals surface area contributed by atoms with Gasteiger partial charge in [-0.3, -0.25) is 9.78 Å². The Hall–Kier alpha value is -3.06. The van der Waals surface area contributed by atoms with Gasteiger partial charge in [0, 0.05) is 37.0 Å². The first-order valence-electron chi connectivity index (χ1n) is 12.1. The standard InChI is InChI=1S/C25H28F2N6O3S/c1-25(4-5-25)17-36-23-22(16-29-33(24(23)34)21-13-19(26)12-20(27)14-21)31-8-10-32(11-9-31)37(35)30-15-18-2-6-28-7-3-18/h2-3,6-7,12-14,16,30H,4-5,8-11,15,17H2,1H3. The topological polar surface area (TPSA) is 98.6 Å². The molecule has 12 heteroatoms. The average Bonchev–Trinajstić information content (AvgIpc) is 3.63. The number of hydrogen-bond acceptors (Lipinski definition) is 8. The van der Waals surface area contributed by atoms with E-state index in [9.17, 15) is 18.1 Å². The Kier molecular flexibility index (Phi) is 7.43. The number of nitrogens with one attached hydrogen (secondary N) is 1. The van der Waals surface area contributed by atoms with E-state index in [2.05, 4.69) is 21.7 Å². The predicted molar refractivity (Wildman–Crippen MR) is 136 cm³/mol. The van der Waals surface area contributed by atoms with Crippen LogP contribution in [0.5, 0.6) is 5.75 Å². The number of rotatable bonds is 9. The average molecular weight is 531 g/mol. The molecule has 0 radical (unpaired) electrons. The van der Waals surface area contributed by atoms with Crippen molar-refractivity contribution in [1.82, 2.24) is 23.8 Å². The molecule has 0 spiro atoms. The smallest absolute Gasteiger partial charge is 0.316 e. The van der Waals surface area contributed by atoms with Crippen molar-refractivity contribution >= 4 is 17.2 Å². The van der Waals surface area contributed by atoms with Gasteiger partial charge in [0.2, 0.25) is 5.75 Å². The van der Waals surface area contributed by atoms with E-state index in [1.807, 2.05) is 21.3 Å². The summed E-state index contributed by atoms with van der Waals surface area (Å²) in [5.74, 6) is -1.51. The molecule has 196 valence electrons. The molecular weight excluding hydrogens is 502 g/mol. The highest BCUT2D eigenvalue weighted by Gasteiger charge is 2.39. The number of pyridine rings is 1. The van der Waals surface area contributed by atoms with Gasteiger partial charge in [0.05, 0.1) is 38.1 Å². The van der Waals surface area contributed by atoms with E-state index in [-0.39, 0.29) is 16.9 Å². The van der Waals surface area contributed by atoms with Crippen LogP contribution in [-0.4, -0.2) is 56.4 Å². The summed E-state index contributed by atoms with van der Waals surface area (Å²) in [7, 11) is 0. The van der Waals surface area contributed by atoms with Gasteiger partial charge in [0.15, 0.2) is 0 Å². The number of anilines is 1. The zero-order valence-corrected chi connectivity index (χ0v) is 21.2. The number of halogens is 2. The Morgan fingerprint density at radius 2 is 1.78 bits per heavy atom. The normalized spacial score (nSPS) is 18.0. The molecule has 2 aromatic heterocycles. The van der Waals surface area contributed by atoms with Crippen LogP contribution in [0.2, 0.25) is 0 Å². The SMILES string of the molecule is CC1(COc2c(N3CCN([S+]([O-])NCc4ccncc4)CC3)cnn(-c3cc(F)cc(F)c3)c2=O)CC1. The fourth-order valence-electron chi connectivity index (χ4n) is 4.07. The van der Waals surface area contributed by atoms with Crippen LogP contribution in [0.1, 0.15) is 25.3 Å². The van der Waals surface area contributed by atoms with Gasteiger partial charge in [-0.1, -0.05) is 6.92 Å². The molecule has 1 saturated carbocycles. The summed E-state index contributed by atoms with van der Waals surface area (Å²) in [6, 6.07) is 6.56. The molecule has 3 aromatic rings. The quantitative estimate of drug-likeness (QED) is 0.422. The van der Waals surface area contributed by atoms with Gasteiger partial charge in [-0.25, -0.2) is 8.78 Å². The second-order valence-corrected chi connectivity index (χ2v) is 10.9. The van der Waals surface area contributed by atoms with Crippen LogP contribution in [0.25, 0.3) is 5.69 Å². The molecule has 5 rings (SSSR count). The molecule has 2 fully saturated rings. The van der Waals surface area contributed by atoms with Crippen molar-refractivity contribution in [2.45, 2.75) is 26.3 Å². The summed E-state index contributed by atoms with van der Waals surface area (Å²) in [5.41, 5.74) is 0.906. The second kappa shape index (κ2) is 10.7.